The normalized spacial score (nSPS) is 24.6. The molecule has 1 aliphatic heterocycles. The van der Waals surface area contributed by atoms with Crippen LogP contribution in [0.2, 0.25) is 0 Å². The first kappa shape index (κ1) is 23.1. The number of benzene rings is 1. The van der Waals surface area contributed by atoms with Crippen molar-refractivity contribution in [3.05, 3.63) is 30.1 Å². The zero-order valence-corrected chi connectivity index (χ0v) is 17.8. The summed E-state index contributed by atoms with van der Waals surface area (Å²) in [6, 6.07) is 4.86. The van der Waals surface area contributed by atoms with Crippen molar-refractivity contribution in [1.82, 2.24) is 9.62 Å². The lowest BCUT2D eigenvalue weighted by Crippen LogP contribution is -2.60. The molecule has 2 aliphatic rings. The Labute approximate surface area is 172 Å². The molecule has 0 aromatic heterocycles. The quantitative estimate of drug-likeness (QED) is 0.745. The van der Waals surface area contributed by atoms with Gasteiger partial charge in [0.1, 0.15) is 11.4 Å². The Morgan fingerprint density at radius 2 is 1.93 bits per heavy atom. The van der Waals surface area contributed by atoms with Gasteiger partial charge >= 0.3 is 0 Å². The van der Waals surface area contributed by atoms with Gasteiger partial charge in [0.15, 0.2) is 0 Å². The molecule has 1 heterocycles. The number of hydrogen-bond donors (Lipinski definition) is 2. The van der Waals surface area contributed by atoms with Gasteiger partial charge in [-0.15, -0.1) is 12.4 Å². The van der Waals surface area contributed by atoms with Crippen molar-refractivity contribution in [1.29, 1.82) is 0 Å². The number of nitrogens with two attached hydrogens (primary N) is 1. The van der Waals surface area contributed by atoms with Crippen LogP contribution in [0, 0.1) is 11.2 Å². The first-order valence-corrected chi connectivity index (χ1v) is 11.0. The average Bonchev–Trinajstić information content (AvgIpc) is 3.04. The number of halogens is 2. The standard InChI is InChI=1S/C19H28FN3O3S.ClH/c1-18(13-21)10-11-23(14-18)17(24)19(8-3-2-4-9-19)22-27(25,26)16-7-5-6-15(20)12-16;/h5-7,12,22H,2-4,8-11,13-14,21H2,1H3;1H. The van der Waals surface area contributed by atoms with Crippen LogP contribution < -0.4 is 10.5 Å². The maximum Gasteiger partial charge on any atom is 0.243 e. The Hall–Kier alpha value is -1.22. The molecular weight excluding hydrogens is 405 g/mol. The molecule has 6 nitrogen and oxygen atoms in total. The fraction of sp³-hybridized carbons (Fsp3) is 0.632. The fourth-order valence-electron chi connectivity index (χ4n) is 4.13. The number of carbonyl (C=O) groups is 1. The highest BCUT2D eigenvalue weighted by atomic mass is 35.5. The molecular formula is C19H29ClFN3O3S. The van der Waals surface area contributed by atoms with Crippen LogP contribution in [0.4, 0.5) is 4.39 Å². The molecule has 1 aromatic carbocycles. The number of nitrogens with one attached hydrogen (secondary N) is 1. The molecule has 1 amide bonds. The van der Waals surface area contributed by atoms with Gasteiger partial charge < -0.3 is 10.6 Å². The van der Waals surface area contributed by atoms with Crippen molar-refractivity contribution in [2.45, 2.75) is 55.9 Å². The van der Waals surface area contributed by atoms with Crippen molar-refractivity contribution < 1.29 is 17.6 Å². The molecule has 3 N–H and O–H groups in total. The van der Waals surface area contributed by atoms with Gasteiger partial charge in [-0.05, 0) is 49.4 Å². The Bertz CT molecular complexity index is 814. The molecule has 1 unspecified atom stereocenters. The van der Waals surface area contributed by atoms with Crippen LogP contribution in [0.5, 0.6) is 0 Å². The molecule has 158 valence electrons. The Balaban J connectivity index is 0.00000280. The van der Waals surface area contributed by atoms with E-state index in [0.717, 1.165) is 31.7 Å². The minimum absolute atomic E-state index is 0. The van der Waals surface area contributed by atoms with E-state index < -0.39 is 21.4 Å². The van der Waals surface area contributed by atoms with E-state index in [1.54, 1.807) is 4.90 Å². The number of carbonyl (C=O) groups excluding carboxylic acids is 1. The SMILES string of the molecule is CC1(CN)CCN(C(=O)C2(NS(=O)(=O)c3cccc(F)c3)CCCCC2)C1.Cl. The molecule has 28 heavy (non-hydrogen) atoms. The van der Waals surface area contributed by atoms with Crippen molar-refractivity contribution in [2.24, 2.45) is 11.1 Å². The minimum atomic E-state index is -4.01. The third-order valence-corrected chi connectivity index (χ3v) is 7.42. The molecule has 9 heteroatoms. The van der Waals surface area contributed by atoms with Crippen molar-refractivity contribution in [3.63, 3.8) is 0 Å². The van der Waals surface area contributed by atoms with Crippen molar-refractivity contribution in [3.8, 4) is 0 Å². The molecule has 0 bridgehead atoms. The maximum atomic E-state index is 13.5. The number of sulfonamides is 1. The summed E-state index contributed by atoms with van der Waals surface area (Å²) in [4.78, 5) is 15.0. The van der Waals surface area contributed by atoms with Gasteiger partial charge in [-0.1, -0.05) is 32.3 Å². The van der Waals surface area contributed by atoms with E-state index in [4.69, 9.17) is 5.73 Å². The van der Waals surface area contributed by atoms with Gasteiger partial charge in [-0.25, -0.2) is 12.8 Å². The van der Waals surface area contributed by atoms with Crippen molar-refractivity contribution >= 4 is 28.3 Å². The Kier molecular flexibility index (Phi) is 7.12. The third-order valence-electron chi connectivity index (χ3n) is 5.89. The first-order valence-electron chi connectivity index (χ1n) is 9.49. The van der Waals surface area contributed by atoms with E-state index >= 15 is 0 Å². The number of rotatable bonds is 5. The van der Waals surface area contributed by atoms with Crippen LogP contribution in [0.15, 0.2) is 29.2 Å². The molecule has 0 radical (unpaired) electrons. The molecule has 1 aromatic rings. The summed E-state index contributed by atoms with van der Waals surface area (Å²) >= 11 is 0. The minimum Gasteiger partial charge on any atom is -0.340 e. The molecule has 0 spiro atoms. The summed E-state index contributed by atoms with van der Waals surface area (Å²) < 4.78 is 42.0. The van der Waals surface area contributed by atoms with Gasteiger partial charge in [-0.3, -0.25) is 4.79 Å². The summed E-state index contributed by atoms with van der Waals surface area (Å²) in [6.45, 7) is 3.64. The third kappa shape index (κ3) is 4.67. The first-order chi connectivity index (χ1) is 12.7. The molecule has 3 rings (SSSR count). The van der Waals surface area contributed by atoms with Gasteiger partial charge in [0.05, 0.1) is 4.90 Å². The van der Waals surface area contributed by atoms with E-state index in [1.165, 1.54) is 18.2 Å². The number of likely N-dealkylation sites (tertiary alicyclic amines) is 1. The zero-order valence-electron chi connectivity index (χ0n) is 16.1. The van der Waals surface area contributed by atoms with Crippen LogP contribution >= 0.6 is 12.4 Å². The largest absolute Gasteiger partial charge is 0.340 e. The second-order valence-corrected chi connectivity index (χ2v) is 9.88. The summed E-state index contributed by atoms with van der Waals surface area (Å²) in [5, 5.41) is 0. The summed E-state index contributed by atoms with van der Waals surface area (Å²) in [6.07, 6.45) is 4.24. The molecule has 1 atom stereocenters. The number of amides is 1. The molecule has 1 aliphatic carbocycles. The average molecular weight is 434 g/mol. The highest BCUT2D eigenvalue weighted by Crippen LogP contribution is 2.36. The number of hydrogen-bond acceptors (Lipinski definition) is 4. The Morgan fingerprint density at radius 1 is 1.25 bits per heavy atom. The maximum absolute atomic E-state index is 13.5. The second-order valence-electron chi connectivity index (χ2n) is 8.20. The zero-order chi connectivity index (χ0) is 19.7. The molecule has 2 fully saturated rings. The van der Waals surface area contributed by atoms with E-state index in [0.29, 0.717) is 32.5 Å². The highest BCUT2D eigenvalue weighted by Gasteiger charge is 2.48. The lowest BCUT2D eigenvalue weighted by Gasteiger charge is -2.39. The van der Waals surface area contributed by atoms with Crippen LogP contribution in [-0.4, -0.2) is 44.4 Å². The summed E-state index contributed by atoms with van der Waals surface area (Å²) in [5.74, 6) is -0.806. The van der Waals surface area contributed by atoms with Crippen LogP contribution in [-0.2, 0) is 14.8 Å². The van der Waals surface area contributed by atoms with Gasteiger partial charge in [0.2, 0.25) is 15.9 Å². The van der Waals surface area contributed by atoms with Crippen LogP contribution in [0.3, 0.4) is 0 Å². The predicted molar refractivity (Wildman–Crippen MR) is 108 cm³/mol. The van der Waals surface area contributed by atoms with Crippen LogP contribution in [0.25, 0.3) is 0 Å². The van der Waals surface area contributed by atoms with Crippen LogP contribution in [0.1, 0.15) is 45.4 Å². The topological polar surface area (TPSA) is 92.5 Å². The smallest absolute Gasteiger partial charge is 0.243 e. The molecule has 1 saturated heterocycles. The number of nitrogens with zero attached hydrogens (tertiary/aromatic N) is 1. The van der Waals surface area contributed by atoms with E-state index in [-0.39, 0.29) is 28.6 Å². The van der Waals surface area contributed by atoms with Gasteiger partial charge in [0, 0.05) is 13.1 Å². The Morgan fingerprint density at radius 3 is 2.50 bits per heavy atom. The molecule has 1 saturated carbocycles. The summed E-state index contributed by atoms with van der Waals surface area (Å²) in [7, 11) is -4.01. The van der Waals surface area contributed by atoms with Gasteiger partial charge in [-0.2, -0.15) is 4.72 Å². The predicted octanol–water partition coefficient (Wildman–Crippen LogP) is 2.43. The fourth-order valence-corrected chi connectivity index (χ4v) is 5.58. The second kappa shape index (κ2) is 8.65. The van der Waals surface area contributed by atoms with E-state index in [1.807, 2.05) is 6.92 Å². The lowest BCUT2D eigenvalue weighted by atomic mass is 9.81. The highest BCUT2D eigenvalue weighted by molar-refractivity contribution is 7.89. The van der Waals surface area contributed by atoms with E-state index in [9.17, 15) is 17.6 Å². The summed E-state index contributed by atoms with van der Waals surface area (Å²) in [5.41, 5.74) is 4.55. The lowest BCUT2D eigenvalue weighted by molar-refractivity contribution is -0.138. The monoisotopic (exact) mass is 433 g/mol. The van der Waals surface area contributed by atoms with Gasteiger partial charge in [0.25, 0.3) is 0 Å². The van der Waals surface area contributed by atoms with Crippen molar-refractivity contribution in [2.75, 3.05) is 19.6 Å². The van der Waals surface area contributed by atoms with E-state index in [2.05, 4.69) is 4.72 Å².